The number of amides is 2. The molecule has 0 bridgehead atoms. The van der Waals surface area contributed by atoms with E-state index in [-0.39, 0.29) is 12.5 Å². The van der Waals surface area contributed by atoms with Crippen LogP contribution in [0.2, 0.25) is 0 Å². The number of fused-ring (bicyclic) bond motifs is 1. The molecule has 136 valence electrons. The second-order valence-electron chi connectivity index (χ2n) is 6.91. The Bertz CT molecular complexity index is 818. The van der Waals surface area contributed by atoms with Crippen LogP contribution in [-0.2, 0) is 16.1 Å². The summed E-state index contributed by atoms with van der Waals surface area (Å²) in [5.74, 6) is 0.565. The molecule has 6 heteroatoms. The van der Waals surface area contributed by atoms with Crippen molar-refractivity contribution in [2.45, 2.75) is 20.5 Å². The van der Waals surface area contributed by atoms with Crippen LogP contribution in [0.25, 0.3) is 0 Å². The molecule has 0 saturated carbocycles. The van der Waals surface area contributed by atoms with E-state index >= 15 is 0 Å². The highest BCUT2D eigenvalue weighted by Crippen LogP contribution is 2.37. The molecule has 0 saturated heterocycles. The first-order chi connectivity index (χ1) is 12.4. The predicted octanol–water partition coefficient (Wildman–Crippen LogP) is 3.82. The lowest BCUT2D eigenvalue weighted by Crippen LogP contribution is -2.39. The highest BCUT2D eigenvalue weighted by molar-refractivity contribution is 5.99. The summed E-state index contributed by atoms with van der Waals surface area (Å²) in [5, 5.41) is 2.68. The fraction of sp³-hybridized carbons (Fsp3) is 0.300. The summed E-state index contributed by atoms with van der Waals surface area (Å²) in [7, 11) is 1.70. The van der Waals surface area contributed by atoms with Gasteiger partial charge in [0.1, 0.15) is 19.0 Å². The van der Waals surface area contributed by atoms with Crippen molar-refractivity contribution in [1.29, 1.82) is 0 Å². The van der Waals surface area contributed by atoms with Crippen LogP contribution in [0.4, 0.5) is 16.2 Å². The van der Waals surface area contributed by atoms with Crippen LogP contribution >= 0.6 is 0 Å². The second-order valence-corrected chi connectivity index (χ2v) is 6.91. The molecule has 3 rings (SSSR count). The van der Waals surface area contributed by atoms with Crippen LogP contribution < -0.4 is 15.0 Å². The summed E-state index contributed by atoms with van der Waals surface area (Å²) in [6.07, 6.45) is -0.558. The van der Waals surface area contributed by atoms with Gasteiger partial charge in [-0.2, -0.15) is 0 Å². The molecule has 1 aliphatic heterocycles. The summed E-state index contributed by atoms with van der Waals surface area (Å²) in [4.78, 5) is 26.1. The van der Waals surface area contributed by atoms with E-state index in [2.05, 4.69) is 5.32 Å². The Morgan fingerprint density at radius 3 is 2.69 bits per heavy atom. The number of hydrogen-bond acceptors (Lipinski definition) is 4. The summed E-state index contributed by atoms with van der Waals surface area (Å²) in [6.45, 7) is 4.18. The maximum atomic E-state index is 12.6. The van der Waals surface area contributed by atoms with Crippen molar-refractivity contribution in [2.75, 3.05) is 23.9 Å². The minimum Gasteiger partial charge on any atom is -0.490 e. The molecule has 2 amide bonds. The van der Waals surface area contributed by atoms with Crippen molar-refractivity contribution in [2.24, 2.45) is 5.41 Å². The van der Waals surface area contributed by atoms with E-state index in [1.165, 1.54) is 0 Å². The molecule has 0 unspecified atom stereocenters. The van der Waals surface area contributed by atoms with Crippen molar-refractivity contribution in [1.82, 2.24) is 0 Å². The largest absolute Gasteiger partial charge is 0.490 e. The van der Waals surface area contributed by atoms with Crippen LogP contribution in [0.5, 0.6) is 5.75 Å². The van der Waals surface area contributed by atoms with Gasteiger partial charge in [-0.3, -0.25) is 10.1 Å². The summed E-state index contributed by atoms with van der Waals surface area (Å²) >= 11 is 0. The minimum absolute atomic E-state index is 0.0416. The smallest absolute Gasteiger partial charge is 0.411 e. The first-order valence-electron chi connectivity index (χ1n) is 8.39. The van der Waals surface area contributed by atoms with Gasteiger partial charge in [0.05, 0.1) is 11.1 Å². The Hall–Kier alpha value is -3.02. The van der Waals surface area contributed by atoms with Gasteiger partial charge in [0.15, 0.2) is 0 Å². The monoisotopic (exact) mass is 354 g/mol. The third-order valence-electron chi connectivity index (χ3n) is 4.25. The van der Waals surface area contributed by atoms with Gasteiger partial charge in [-0.05, 0) is 37.6 Å². The Morgan fingerprint density at radius 2 is 1.96 bits per heavy atom. The first kappa shape index (κ1) is 17.8. The van der Waals surface area contributed by atoms with Gasteiger partial charge in [0.2, 0.25) is 5.91 Å². The SMILES string of the molecule is CN1C(=O)C(C)(C)COc2ccc(NC(=O)OCc3ccccc3)cc21. The second kappa shape index (κ2) is 7.07. The van der Waals surface area contributed by atoms with Crippen LogP contribution in [0, 0.1) is 5.41 Å². The normalized spacial score (nSPS) is 15.5. The van der Waals surface area contributed by atoms with Gasteiger partial charge in [-0.15, -0.1) is 0 Å². The number of nitrogens with zero attached hydrogens (tertiary/aromatic N) is 1. The lowest BCUT2D eigenvalue weighted by atomic mass is 9.93. The molecule has 2 aromatic rings. The minimum atomic E-state index is -0.615. The molecule has 0 atom stereocenters. The molecule has 1 heterocycles. The van der Waals surface area contributed by atoms with E-state index in [9.17, 15) is 9.59 Å². The molecule has 2 aromatic carbocycles. The number of carbonyl (C=O) groups excluding carboxylic acids is 2. The predicted molar refractivity (Wildman–Crippen MR) is 99.4 cm³/mol. The average Bonchev–Trinajstić information content (AvgIpc) is 2.72. The van der Waals surface area contributed by atoms with Crippen LogP contribution in [0.15, 0.2) is 48.5 Å². The molecule has 1 aliphatic rings. The number of hydrogen-bond donors (Lipinski definition) is 1. The van der Waals surface area contributed by atoms with E-state index < -0.39 is 11.5 Å². The Labute approximate surface area is 152 Å². The zero-order chi connectivity index (χ0) is 18.7. The Morgan fingerprint density at radius 1 is 1.23 bits per heavy atom. The highest BCUT2D eigenvalue weighted by Gasteiger charge is 2.36. The van der Waals surface area contributed by atoms with Gasteiger partial charge in [0, 0.05) is 12.7 Å². The van der Waals surface area contributed by atoms with Crippen LogP contribution in [0.3, 0.4) is 0 Å². The molecular weight excluding hydrogens is 332 g/mol. The molecule has 0 spiro atoms. The fourth-order valence-corrected chi connectivity index (χ4v) is 2.74. The summed E-state index contributed by atoms with van der Waals surface area (Å²) in [6, 6.07) is 14.6. The molecule has 26 heavy (non-hydrogen) atoms. The molecule has 0 aliphatic carbocycles. The van der Waals surface area contributed by atoms with Crippen molar-refractivity contribution in [3.05, 3.63) is 54.1 Å². The Kier molecular flexibility index (Phi) is 4.84. The zero-order valence-corrected chi connectivity index (χ0v) is 15.1. The lowest BCUT2D eigenvalue weighted by Gasteiger charge is -2.24. The first-order valence-corrected chi connectivity index (χ1v) is 8.39. The summed E-state index contributed by atoms with van der Waals surface area (Å²) in [5.41, 5.74) is 1.44. The van der Waals surface area contributed by atoms with Gasteiger partial charge in [0.25, 0.3) is 0 Å². The van der Waals surface area contributed by atoms with Crippen molar-refractivity contribution < 1.29 is 19.1 Å². The van der Waals surface area contributed by atoms with Gasteiger partial charge < -0.3 is 14.4 Å². The van der Waals surface area contributed by atoms with E-state index in [4.69, 9.17) is 9.47 Å². The lowest BCUT2D eigenvalue weighted by molar-refractivity contribution is -0.127. The standard InChI is InChI=1S/C20H22N2O4/c1-20(2)13-26-17-10-9-15(11-16(17)22(3)18(20)23)21-19(24)25-12-14-7-5-4-6-8-14/h4-11H,12-13H2,1-3H3,(H,21,24). The van der Waals surface area contributed by atoms with Gasteiger partial charge in [-0.25, -0.2) is 4.79 Å². The Balaban J connectivity index is 1.70. The third kappa shape index (κ3) is 3.79. The van der Waals surface area contributed by atoms with E-state index in [1.54, 1.807) is 30.1 Å². The molecule has 0 fully saturated rings. The number of ether oxygens (including phenoxy) is 2. The molecule has 6 nitrogen and oxygen atoms in total. The summed E-state index contributed by atoms with van der Waals surface area (Å²) < 4.78 is 11.0. The highest BCUT2D eigenvalue weighted by atomic mass is 16.5. The molecular formula is C20H22N2O4. The van der Waals surface area contributed by atoms with Gasteiger partial charge in [-0.1, -0.05) is 30.3 Å². The molecule has 0 radical (unpaired) electrons. The van der Waals surface area contributed by atoms with Gasteiger partial charge >= 0.3 is 6.09 Å². The van der Waals surface area contributed by atoms with Crippen LogP contribution in [-0.4, -0.2) is 25.7 Å². The number of carbonyl (C=O) groups is 2. The van der Waals surface area contributed by atoms with Crippen molar-refractivity contribution in [3.8, 4) is 5.75 Å². The topological polar surface area (TPSA) is 67.9 Å². The number of benzene rings is 2. The fourth-order valence-electron chi connectivity index (χ4n) is 2.74. The number of anilines is 2. The van der Waals surface area contributed by atoms with E-state index in [1.807, 2.05) is 44.2 Å². The number of nitrogens with one attached hydrogen (secondary N) is 1. The van der Waals surface area contributed by atoms with Crippen molar-refractivity contribution >= 4 is 23.4 Å². The maximum absolute atomic E-state index is 12.6. The molecule has 0 aromatic heterocycles. The average molecular weight is 354 g/mol. The van der Waals surface area contributed by atoms with E-state index in [0.29, 0.717) is 23.7 Å². The maximum Gasteiger partial charge on any atom is 0.411 e. The quantitative estimate of drug-likeness (QED) is 0.910. The third-order valence-corrected chi connectivity index (χ3v) is 4.25. The van der Waals surface area contributed by atoms with Crippen LogP contribution in [0.1, 0.15) is 19.4 Å². The number of rotatable bonds is 3. The zero-order valence-electron chi connectivity index (χ0n) is 15.1. The van der Waals surface area contributed by atoms with E-state index in [0.717, 1.165) is 5.56 Å². The molecule has 1 N–H and O–H groups in total. The van der Waals surface area contributed by atoms with Crippen molar-refractivity contribution in [3.63, 3.8) is 0 Å².